The maximum Gasteiger partial charge on any atom is 0.255 e. The van der Waals surface area contributed by atoms with Gasteiger partial charge in [0.15, 0.2) is 0 Å². The maximum absolute atomic E-state index is 12.6. The minimum atomic E-state index is -0.0791. The smallest absolute Gasteiger partial charge is 0.255 e. The largest absolute Gasteiger partial charge is 0.378 e. The molecule has 1 fully saturated rings. The molecular weight excluding hydrogens is 392 g/mol. The molecule has 0 saturated carbocycles. The fraction of sp³-hybridized carbons (Fsp3) is 0.286. The van der Waals surface area contributed by atoms with Crippen LogP contribution in [0.25, 0.3) is 11.4 Å². The zero-order valence-electron chi connectivity index (χ0n) is 16.0. The zero-order chi connectivity index (χ0) is 20.2. The van der Waals surface area contributed by atoms with E-state index in [1.54, 1.807) is 17.0 Å². The first-order valence-electron chi connectivity index (χ1n) is 9.40. The van der Waals surface area contributed by atoms with Crippen molar-refractivity contribution in [3.8, 4) is 11.4 Å². The molecule has 7 nitrogen and oxygen atoms in total. The van der Waals surface area contributed by atoms with E-state index in [0.717, 1.165) is 16.8 Å². The van der Waals surface area contributed by atoms with E-state index < -0.39 is 0 Å². The Bertz CT molecular complexity index is 1010. The second kappa shape index (κ2) is 8.63. The topological polar surface area (TPSA) is 80.5 Å². The number of morpholine rings is 1. The fourth-order valence-electron chi connectivity index (χ4n) is 3.14. The molecule has 0 radical (unpaired) electrons. The average Bonchev–Trinajstić information content (AvgIpc) is 3.22. The second-order valence-electron chi connectivity index (χ2n) is 6.83. The molecular formula is C21H21ClN4O3. The standard InChI is InChI=1S/C21H21ClN4O3/c1-14-3-2-4-15(11-14)20-24-19(29-25-20)13-23-16-5-6-17(18(22)12-16)21(27)26-7-9-28-10-8-26/h2-6,11-12,23H,7-10,13H2,1H3. The van der Waals surface area contributed by atoms with Gasteiger partial charge in [0.2, 0.25) is 11.7 Å². The highest BCUT2D eigenvalue weighted by atomic mass is 35.5. The van der Waals surface area contributed by atoms with Crippen molar-refractivity contribution in [3.63, 3.8) is 0 Å². The van der Waals surface area contributed by atoms with Crippen molar-refractivity contribution in [1.29, 1.82) is 0 Å². The van der Waals surface area contributed by atoms with Crippen molar-refractivity contribution in [2.75, 3.05) is 31.6 Å². The maximum atomic E-state index is 12.6. The van der Waals surface area contributed by atoms with Crippen LogP contribution in [0.3, 0.4) is 0 Å². The molecule has 1 amide bonds. The van der Waals surface area contributed by atoms with E-state index in [-0.39, 0.29) is 5.91 Å². The Balaban J connectivity index is 1.40. The number of aryl methyl sites for hydroxylation is 1. The number of halogens is 1. The molecule has 0 spiro atoms. The highest BCUT2D eigenvalue weighted by molar-refractivity contribution is 6.34. The van der Waals surface area contributed by atoms with E-state index in [9.17, 15) is 4.79 Å². The number of benzene rings is 2. The number of hydrogen-bond acceptors (Lipinski definition) is 6. The van der Waals surface area contributed by atoms with Gasteiger partial charge in [-0.25, -0.2) is 0 Å². The van der Waals surface area contributed by atoms with Crippen LogP contribution in [0.1, 0.15) is 21.8 Å². The number of nitrogens with zero attached hydrogens (tertiary/aromatic N) is 3. The van der Waals surface area contributed by atoms with Crippen LogP contribution in [0.2, 0.25) is 5.02 Å². The summed E-state index contributed by atoms with van der Waals surface area (Å²) in [5.41, 5.74) is 3.30. The van der Waals surface area contributed by atoms with Gasteiger partial charge >= 0.3 is 0 Å². The van der Waals surface area contributed by atoms with Crippen LogP contribution >= 0.6 is 11.6 Å². The summed E-state index contributed by atoms with van der Waals surface area (Å²) < 4.78 is 10.6. The van der Waals surface area contributed by atoms with Crippen LogP contribution in [0.5, 0.6) is 0 Å². The highest BCUT2D eigenvalue weighted by Gasteiger charge is 2.20. The van der Waals surface area contributed by atoms with E-state index in [4.69, 9.17) is 20.9 Å². The van der Waals surface area contributed by atoms with E-state index in [2.05, 4.69) is 15.5 Å². The summed E-state index contributed by atoms with van der Waals surface area (Å²) in [6.07, 6.45) is 0. The van der Waals surface area contributed by atoms with Gasteiger partial charge in [-0.1, -0.05) is 40.5 Å². The Kier molecular flexibility index (Phi) is 5.78. The third-order valence-corrected chi connectivity index (χ3v) is 5.00. The number of anilines is 1. The molecule has 0 unspecified atom stereocenters. The van der Waals surface area contributed by atoms with Crippen molar-refractivity contribution < 1.29 is 14.1 Å². The van der Waals surface area contributed by atoms with Crippen LogP contribution in [0.15, 0.2) is 47.0 Å². The van der Waals surface area contributed by atoms with Crippen LogP contribution < -0.4 is 5.32 Å². The van der Waals surface area contributed by atoms with Gasteiger partial charge in [-0.3, -0.25) is 4.79 Å². The molecule has 150 valence electrons. The van der Waals surface area contributed by atoms with Crippen LogP contribution in [0.4, 0.5) is 5.69 Å². The third-order valence-electron chi connectivity index (χ3n) is 4.69. The number of carbonyl (C=O) groups is 1. The number of carbonyl (C=O) groups excluding carboxylic acids is 1. The zero-order valence-corrected chi connectivity index (χ0v) is 16.8. The molecule has 8 heteroatoms. The SMILES string of the molecule is Cc1cccc(-c2noc(CNc3ccc(C(=O)N4CCOCC4)c(Cl)c3)n2)c1. The van der Waals surface area contributed by atoms with Gasteiger partial charge in [0, 0.05) is 24.3 Å². The van der Waals surface area contributed by atoms with E-state index in [0.29, 0.717) is 55.1 Å². The van der Waals surface area contributed by atoms with Crippen LogP contribution in [0, 0.1) is 6.92 Å². The number of amides is 1. The number of hydrogen-bond donors (Lipinski definition) is 1. The minimum absolute atomic E-state index is 0.0791. The van der Waals surface area contributed by atoms with Gasteiger partial charge in [-0.2, -0.15) is 4.98 Å². The van der Waals surface area contributed by atoms with Gasteiger partial charge < -0.3 is 19.5 Å². The van der Waals surface area contributed by atoms with Gasteiger partial charge in [0.25, 0.3) is 5.91 Å². The summed E-state index contributed by atoms with van der Waals surface area (Å²) in [7, 11) is 0. The molecule has 0 atom stereocenters. The molecule has 1 aliphatic heterocycles. The summed E-state index contributed by atoms with van der Waals surface area (Å²) in [6, 6.07) is 13.2. The summed E-state index contributed by atoms with van der Waals surface area (Å²) >= 11 is 6.35. The predicted molar refractivity (Wildman–Crippen MR) is 110 cm³/mol. The summed E-state index contributed by atoms with van der Waals surface area (Å²) in [5, 5.41) is 7.63. The van der Waals surface area contributed by atoms with Crippen molar-refractivity contribution in [3.05, 3.63) is 64.5 Å². The lowest BCUT2D eigenvalue weighted by Crippen LogP contribution is -2.40. The summed E-state index contributed by atoms with van der Waals surface area (Å²) in [4.78, 5) is 18.8. The van der Waals surface area contributed by atoms with Crippen molar-refractivity contribution in [2.24, 2.45) is 0 Å². The van der Waals surface area contributed by atoms with Crippen molar-refractivity contribution in [1.82, 2.24) is 15.0 Å². The molecule has 0 bridgehead atoms. The number of aromatic nitrogens is 2. The van der Waals surface area contributed by atoms with E-state index in [1.807, 2.05) is 37.3 Å². The molecule has 1 N–H and O–H groups in total. The minimum Gasteiger partial charge on any atom is -0.378 e. The third kappa shape index (κ3) is 4.58. The molecule has 1 aliphatic rings. The second-order valence-corrected chi connectivity index (χ2v) is 7.24. The Labute approximate surface area is 173 Å². The normalized spacial score (nSPS) is 14.1. The molecule has 1 saturated heterocycles. The monoisotopic (exact) mass is 412 g/mol. The van der Waals surface area contributed by atoms with Crippen LogP contribution in [-0.4, -0.2) is 47.3 Å². The van der Waals surface area contributed by atoms with Gasteiger partial charge in [0.1, 0.15) is 0 Å². The lowest BCUT2D eigenvalue weighted by Gasteiger charge is -2.27. The summed E-state index contributed by atoms with van der Waals surface area (Å²) in [6.45, 7) is 4.63. The first-order valence-corrected chi connectivity index (χ1v) is 9.78. The van der Waals surface area contributed by atoms with Crippen molar-refractivity contribution >= 4 is 23.2 Å². The Morgan fingerprint density at radius 1 is 1.21 bits per heavy atom. The molecule has 2 aromatic carbocycles. The Hall–Kier alpha value is -2.90. The van der Waals surface area contributed by atoms with Gasteiger partial charge in [-0.15, -0.1) is 0 Å². The molecule has 3 aromatic rings. The number of nitrogens with one attached hydrogen (secondary N) is 1. The molecule has 2 heterocycles. The predicted octanol–water partition coefficient (Wildman–Crippen LogP) is 3.78. The van der Waals surface area contributed by atoms with Crippen molar-refractivity contribution in [2.45, 2.75) is 13.5 Å². The fourth-order valence-corrected chi connectivity index (χ4v) is 3.40. The lowest BCUT2D eigenvalue weighted by molar-refractivity contribution is 0.0303. The van der Waals surface area contributed by atoms with Crippen LogP contribution in [-0.2, 0) is 11.3 Å². The molecule has 1 aromatic heterocycles. The van der Waals surface area contributed by atoms with Gasteiger partial charge in [-0.05, 0) is 31.2 Å². The highest BCUT2D eigenvalue weighted by Crippen LogP contribution is 2.24. The molecule has 0 aliphatic carbocycles. The van der Waals surface area contributed by atoms with E-state index >= 15 is 0 Å². The summed E-state index contributed by atoms with van der Waals surface area (Å²) in [5.74, 6) is 0.936. The number of ether oxygens (including phenoxy) is 1. The Morgan fingerprint density at radius 3 is 2.79 bits per heavy atom. The first-order chi connectivity index (χ1) is 14.1. The quantitative estimate of drug-likeness (QED) is 0.686. The number of rotatable bonds is 5. The molecule has 4 rings (SSSR count). The first kappa shape index (κ1) is 19.4. The lowest BCUT2D eigenvalue weighted by atomic mass is 10.1. The van der Waals surface area contributed by atoms with E-state index in [1.165, 1.54) is 0 Å². The van der Waals surface area contributed by atoms with Gasteiger partial charge in [0.05, 0.1) is 30.3 Å². The molecule has 29 heavy (non-hydrogen) atoms. The Morgan fingerprint density at radius 2 is 2.03 bits per heavy atom. The average molecular weight is 413 g/mol.